The summed E-state index contributed by atoms with van der Waals surface area (Å²) in [4.78, 5) is 13.3. The molecule has 0 amide bonds. The van der Waals surface area contributed by atoms with E-state index >= 15 is 0 Å². The molecule has 0 aliphatic heterocycles. The van der Waals surface area contributed by atoms with Crippen LogP contribution in [0.25, 0.3) is 0 Å². The molecule has 0 N–H and O–H groups in total. The number of halogens is 2. The van der Waals surface area contributed by atoms with Crippen LogP contribution in [0, 0.1) is 0 Å². The zero-order chi connectivity index (χ0) is 14.1. The van der Waals surface area contributed by atoms with Crippen LogP contribution in [0.1, 0.15) is 27.9 Å². The zero-order valence-electron chi connectivity index (χ0n) is 10.6. The monoisotopic (exact) mass is 342 g/mol. The molecule has 0 atom stereocenters. The number of Topliss-reactive ketones (excluding diaryl/α,β-unsaturated/α-hetero) is 1. The van der Waals surface area contributed by atoms with E-state index in [0.29, 0.717) is 20.0 Å². The smallest absolute Gasteiger partial charge is 0.175 e. The topological polar surface area (TPSA) is 17.1 Å². The average Bonchev–Trinajstić information content (AvgIpc) is 3.01. The normalized spacial score (nSPS) is 13.5. The van der Waals surface area contributed by atoms with E-state index in [2.05, 4.69) is 18.2 Å². The van der Waals surface area contributed by atoms with Crippen molar-refractivity contribution in [3.63, 3.8) is 0 Å². The third-order valence-corrected chi connectivity index (χ3v) is 5.88. The van der Waals surface area contributed by atoms with Crippen molar-refractivity contribution in [2.75, 3.05) is 5.75 Å². The van der Waals surface area contributed by atoms with E-state index in [9.17, 15) is 4.79 Å². The predicted molar refractivity (Wildman–Crippen MR) is 87.9 cm³/mol. The molecule has 1 heterocycles. The lowest BCUT2D eigenvalue weighted by molar-refractivity contribution is 0.102. The maximum absolute atomic E-state index is 12.1. The Hall–Kier alpha value is -0.480. The summed E-state index contributed by atoms with van der Waals surface area (Å²) >= 11 is 14.7. The Balaban J connectivity index is 1.67. The first kappa shape index (κ1) is 14.5. The second-order valence-corrected chi connectivity index (χ2v) is 8.07. The number of thiophene rings is 1. The van der Waals surface area contributed by atoms with Gasteiger partial charge in [-0.2, -0.15) is 0 Å². The number of benzene rings is 1. The zero-order valence-corrected chi connectivity index (χ0v) is 13.8. The molecule has 1 aromatic carbocycles. The first-order valence-corrected chi connectivity index (χ1v) is 8.92. The van der Waals surface area contributed by atoms with E-state index in [1.807, 2.05) is 0 Å². The first-order valence-electron chi connectivity index (χ1n) is 6.36. The third-order valence-electron chi connectivity index (χ3n) is 3.40. The SMILES string of the molecule is O=C(CSc1ccc2c(c1)CCC2)c1cc(Cl)sc1Cl. The minimum atomic E-state index is 0.0312. The number of ketones is 1. The van der Waals surface area contributed by atoms with Crippen LogP contribution in [0.4, 0.5) is 0 Å². The van der Waals surface area contributed by atoms with Crippen LogP contribution in [0.15, 0.2) is 29.2 Å². The fraction of sp³-hybridized carbons (Fsp3) is 0.267. The van der Waals surface area contributed by atoms with Gasteiger partial charge in [-0.05, 0) is 48.6 Å². The lowest BCUT2D eigenvalue weighted by Gasteiger charge is -2.04. The van der Waals surface area contributed by atoms with Gasteiger partial charge in [0.15, 0.2) is 5.78 Å². The van der Waals surface area contributed by atoms with Gasteiger partial charge in [-0.15, -0.1) is 23.1 Å². The fourth-order valence-corrected chi connectivity index (χ4v) is 4.74. The highest BCUT2D eigenvalue weighted by atomic mass is 35.5. The summed E-state index contributed by atoms with van der Waals surface area (Å²) in [6, 6.07) is 8.15. The molecular formula is C15H12Cl2OS2. The molecule has 0 bridgehead atoms. The molecule has 1 nitrogen and oxygen atoms in total. The predicted octanol–water partition coefficient (Wildman–Crippen LogP) is 5.52. The van der Waals surface area contributed by atoms with Gasteiger partial charge in [0.05, 0.1) is 10.1 Å². The van der Waals surface area contributed by atoms with E-state index in [0.717, 1.165) is 11.3 Å². The van der Waals surface area contributed by atoms with Gasteiger partial charge in [-0.25, -0.2) is 0 Å². The number of carbonyl (C=O) groups excluding carboxylic acids is 1. The Bertz CT molecular complexity index is 664. The molecule has 104 valence electrons. The largest absolute Gasteiger partial charge is 0.293 e. The van der Waals surface area contributed by atoms with Gasteiger partial charge in [-0.1, -0.05) is 29.3 Å². The Kier molecular flexibility index (Phi) is 4.41. The minimum Gasteiger partial charge on any atom is -0.293 e. The number of thioether (sulfide) groups is 1. The lowest BCUT2D eigenvalue weighted by atomic mass is 10.1. The summed E-state index contributed by atoms with van der Waals surface area (Å²) in [6.45, 7) is 0. The molecule has 1 aliphatic rings. The summed E-state index contributed by atoms with van der Waals surface area (Å²) in [7, 11) is 0. The molecule has 5 heteroatoms. The Morgan fingerprint density at radius 3 is 2.75 bits per heavy atom. The number of hydrogen-bond acceptors (Lipinski definition) is 3. The molecule has 0 unspecified atom stereocenters. The van der Waals surface area contributed by atoms with E-state index in [-0.39, 0.29) is 5.78 Å². The molecule has 1 aromatic heterocycles. The molecule has 0 saturated carbocycles. The van der Waals surface area contributed by atoms with Gasteiger partial charge < -0.3 is 0 Å². The number of rotatable bonds is 4. The van der Waals surface area contributed by atoms with Crippen LogP contribution in [-0.2, 0) is 12.8 Å². The van der Waals surface area contributed by atoms with E-state index in [1.165, 1.54) is 35.3 Å². The van der Waals surface area contributed by atoms with Crippen molar-refractivity contribution in [3.05, 3.63) is 49.6 Å². The van der Waals surface area contributed by atoms with Gasteiger partial charge in [0.2, 0.25) is 0 Å². The van der Waals surface area contributed by atoms with Crippen LogP contribution >= 0.6 is 46.3 Å². The Morgan fingerprint density at radius 2 is 2.00 bits per heavy atom. The molecule has 0 fully saturated rings. The van der Waals surface area contributed by atoms with Crippen molar-refractivity contribution < 1.29 is 4.79 Å². The maximum Gasteiger partial charge on any atom is 0.175 e. The highest BCUT2D eigenvalue weighted by molar-refractivity contribution is 8.00. The van der Waals surface area contributed by atoms with Gasteiger partial charge in [-0.3, -0.25) is 4.79 Å². The summed E-state index contributed by atoms with van der Waals surface area (Å²) < 4.78 is 1.04. The maximum atomic E-state index is 12.1. The highest BCUT2D eigenvalue weighted by Gasteiger charge is 2.15. The van der Waals surface area contributed by atoms with Crippen molar-refractivity contribution in [1.82, 2.24) is 0 Å². The second kappa shape index (κ2) is 6.10. The van der Waals surface area contributed by atoms with Crippen molar-refractivity contribution in [2.45, 2.75) is 24.2 Å². The molecule has 3 rings (SSSR count). The minimum absolute atomic E-state index is 0.0312. The Morgan fingerprint density at radius 1 is 1.20 bits per heavy atom. The van der Waals surface area contributed by atoms with Crippen LogP contribution in [0.2, 0.25) is 8.67 Å². The standard InChI is InChI=1S/C15H12Cl2OS2/c16-14-7-12(15(17)20-14)13(18)8-19-11-5-4-9-2-1-3-10(9)6-11/h4-7H,1-3,8H2. The van der Waals surface area contributed by atoms with E-state index < -0.39 is 0 Å². The number of aryl methyl sites for hydroxylation is 2. The molecular weight excluding hydrogens is 331 g/mol. The highest BCUT2D eigenvalue weighted by Crippen LogP contribution is 2.33. The third kappa shape index (κ3) is 3.06. The molecule has 0 saturated heterocycles. The molecule has 2 aromatic rings. The van der Waals surface area contributed by atoms with Crippen molar-refractivity contribution >= 4 is 52.1 Å². The quantitative estimate of drug-likeness (QED) is 0.537. The van der Waals surface area contributed by atoms with Gasteiger partial charge >= 0.3 is 0 Å². The van der Waals surface area contributed by atoms with Crippen LogP contribution in [0.5, 0.6) is 0 Å². The molecule has 1 aliphatic carbocycles. The fourth-order valence-electron chi connectivity index (χ4n) is 2.39. The van der Waals surface area contributed by atoms with Crippen LogP contribution < -0.4 is 0 Å². The number of fused-ring (bicyclic) bond motifs is 1. The molecule has 0 radical (unpaired) electrons. The molecule has 20 heavy (non-hydrogen) atoms. The van der Waals surface area contributed by atoms with Gasteiger partial charge in [0.1, 0.15) is 4.34 Å². The summed E-state index contributed by atoms with van der Waals surface area (Å²) in [5, 5.41) is 0. The van der Waals surface area contributed by atoms with Crippen molar-refractivity contribution in [2.24, 2.45) is 0 Å². The first-order chi connectivity index (χ1) is 9.63. The number of hydrogen-bond donors (Lipinski definition) is 0. The van der Waals surface area contributed by atoms with Crippen LogP contribution in [0.3, 0.4) is 0 Å². The Labute approximate surface area is 136 Å². The summed E-state index contributed by atoms with van der Waals surface area (Å²) in [6.07, 6.45) is 3.58. The van der Waals surface area contributed by atoms with Crippen LogP contribution in [-0.4, -0.2) is 11.5 Å². The van der Waals surface area contributed by atoms with E-state index in [1.54, 1.807) is 17.8 Å². The molecule has 0 spiro atoms. The van der Waals surface area contributed by atoms with Gasteiger partial charge in [0, 0.05) is 10.5 Å². The van der Waals surface area contributed by atoms with Crippen molar-refractivity contribution in [1.29, 1.82) is 0 Å². The number of carbonyl (C=O) groups is 1. The van der Waals surface area contributed by atoms with Crippen molar-refractivity contribution in [3.8, 4) is 0 Å². The summed E-state index contributed by atoms with van der Waals surface area (Å²) in [5.74, 6) is 0.426. The van der Waals surface area contributed by atoms with E-state index in [4.69, 9.17) is 23.2 Å². The second-order valence-electron chi connectivity index (χ2n) is 4.73. The average molecular weight is 343 g/mol. The van der Waals surface area contributed by atoms with Gasteiger partial charge in [0.25, 0.3) is 0 Å². The summed E-state index contributed by atoms with van der Waals surface area (Å²) in [5.41, 5.74) is 3.42. The lowest BCUT2D eigenvalue weighted by Crippen LogP contribution is -2.01.